The highest BCUT2D eigenvalue weighted by Crippen LogP contribution is 2.24. The van der Waals surface area contributed by atoms with Gasteiger partial charge in [0.15, 0.2) is 5.82 Å². The lowest BCUT2D eigenvalue weighted by Gasteiger charge is -2.29. The molecule has 1 aromatic rings. The fourth-order valence-electron chi connectivity index (χ4n) is 1.82. The van der Waals surface area contributed by atoms with Gasteiger partial charge < -0.3 is 15.0 Å². The number of alkyl halides is 3. The predicted octanol–water partition coefficient (Wildman–Crippen LogP) is 2.83. The molecule has 0 aliphatic carbocycles. The molecule has 0 saturated heterocycles. The van der Waals surface area contributed by atoms with Crippen molar-refractivity contribution in [2.45, 2.75) is 39.6 Å². The largest absolute Gasteiger partial charge is 0.405 e. The number of anilines is 2. The highest BCUT2D eigenvalue weighted by molar-refractivity contribution is 5.50. The van der Waals surface area contributed by atoms with E-state index < -0.39 is 12.7 Å². The predicted molar refractivity (Wildman–Crippen MR) is 75.4 cm³/mol. The number of aromatic nitrogens is 2. The van der Waals surface area contributed by atoms with Gasteiger partial charge in [-0.15, -0.1) is 0 Å². The van der Waals surface area contributed by atoms with Gasteiger partial charge in [0.25, 0.3) is 0 Å². The van der Waals surface area contributed by atoms with Gasteiger partial charge in [-0.3, -0.25) is 0 Å². The molecule has 1 aromatic heterocycles. The van der Waals surface area contributed by atoms with E-state index in [9.17, 15) is 13.2 Å². The fraction of sp³-hybridized carbons (Fsp3) is 0.692. The standard InChI is InChI=1S/C13H21F3N4O/c1-5-17-10-6-12(19-11(18-10)7-21-4)20(9(2)3)8-13(14,15)16/h6,9H,5,7-8H2,1-4H3,(H,17,18,19). The van der Waals surface area contributed by atoms with Crippen LogP contribution in [0.4, 0.5) is 24.8 Å². The van der Waals surface area contributed by atoms with Crippen molar-refractivity contribution in [1.29, 1.82) is 0 Å². The third-order valence-electron chi connectivity index (χ3n) is 2.66. The number of nitrogens with zero attached hydrogens (tertiary/aromatic N) is 3. The van der Waals surface area contributed by atoms with Gasteiger partial charge in [0.05, 0.1) is 0 Å². The van der Waals surface area contributed by atoms with Gasteiger partial charge in [-0.25, -0.2) is 9.97 Å². The lowest BCUT2D eigenvalue weighted by molar-refractivity contribution is -0.120. The van der Waals surface area contributed by atoms with Gasteiger partial charge in [0.1, 0.15) is 24.8 Å². The van der Waals surface area contributed by atoms with Crippen LogP contribution in [0, 0.1) is 0 Å². The minimum atomic E-state index is -4.30. The SMILES string of the molecule is CCNc1cc(N(CC(F)(F)F)C(C)C)nc(COC)n1. The molecule has 8 heteroatoms. The van der Waals surface area contributed by atoms with E-state index in [1.54, 1.807) is 13.8 Å². The van der Waals surface area contributed by atoms with Gasteiger partial charge in [0.2, 0.25) is 0 Å². The van der Waals surface area contributed by atoms with Crippen molar-refractivity contribution < 1.29 is 17.9 Å². The maximum absolute atomic E-state index is 12.7. The Hall–Kier alpha value is -1.57. The van der Waals surface area contributed by atoms with Gasteiger partial charge in [-0.2, -0.15) is 13.2 Å². The first kappa shape index (κ1) is 17.5. The van der Waals surface area contributed by atoms with Crippen LogP contribution in [0.25, 0.3) is 0 Å². The van der Waals surface area contributed by atoms with E-state index in [0.29, 0.717) is 18.2 Å². The number of halogens is 3. The van der Waals surface area contributed by atoms with E-state index in [-0.39, 0.29) is 18.5 Å². The lowest BCUT2D eigenvalue weighted by atomic mass is 10.3. The third-order valence-corrected chi connectivity index (χ3v) is 2.66. The maximum atomic E-state index is 12.7. The molecule has 0 bridgehead atoms. The van der Waals surface area contributed by atoms with E-state index in [4.69, 9.17) is 4.74 Å². The van der Waals surface area contributed by atoms with Crippen molar-refractivity contribution in [2.75, 3.05) is 30.4 Å². The van der Waals surface area contributed by atoms with Crippen LogP contribution in [0.2, 0.25) is 0 Å². The minimum Gasteiger partial charge on any atom is -0.377 e. The van der Waals surface area contributed by atoms with Crippen molar-refractivity contribution in [2.24, 2.45) is 0 Å². The molecular formula is C13H21F3N4O. The van der Waals surface area contributed by atoms with Gasteiger partial charge in [-0.1, -0.05) is 0 Å². The van der Waals surface area contributed by atoms with Crippen LogP contribution in [-0.4, -0.2) is 42.4 Å². The summed E-state index contributed by atoms with van der Waals surface area (Å²) in [6, 6.07) is 1.18. The summed E-state index contributed by atoms with van der Waals surface area (Å²) in [6.07, 6.45) is -4.30. The van der Waals surface area contributed by atoms with Crippen LogP contribution in [-0.2, 0) is 11.3 Å². The summed E-state index contributed by atoms with van der Waals surface area (Å²) in [6.45, 7) is 4.97. The molecule has 21 heavy (non-hydrogen) atoms. The van der Waals surface area contributed by atoms with Crippen molar-refractivity contribution in [3.63, 3.8) is 0 Å². The Labute approximate surface area is 122 Å². The highest BCUT2D eigenvalue weighted by atomic mass is 19.4. The molecule has 1 rings (SSSR count). The maximum Gasteiger partial charge on any atom is 0.405 e. The molecule has 5 nitrogen and oxygen atoms in total. The summed E-state index contributed by atoms with van der Waals surface area (Å²) in [7, 11) is 1.49. The molecule has 0 atom stereocenters. The summed E-state index contributed by atoms with van der Waals surface area (Å²) in [5.41, 5.74) is 0. The van der Waals surface area contributed by atoms with Gasteiger partial charge in [-0.05, 0) is 20.8 Å². The number of hydrogen-bond donors (Lipinski definition) is 1. The molecule has 1 N–H and O–H groups in total. The molecule has 0 aliphatic heterocycles. The second-order valence-electron chi connectivity index (χ2n) is 4.83. The molecule has 120 valence electrons. The number of ether oxygens (including phenoxy) is 1. The van der Waals surface area contributed by atoms with Crippen LogP contribution < -0.4 is 10.2 Å². The van der Waals surface area contributed by atoms with Crippen LogP contribution in [0.3, 0.4) is 0 Å². The normalized spacial score (nSPS) is 11.8. The van der Waals surface area contributed by atoms with E-state index in [1.807, 2.05) is 6.92 Å². The number of methoxy groups -OCH3 is 1. The molecular weight excluding hydrogens is 285 g/mol. The molecule has 0 unspecified atom stereocenters. The monoisotopic (exact) mass is 306 g/mol. The molecule has 0 spiro atoms. The Morgan fingerprint density at radius 3 is 2.48 bits per heavy atom. The molecule has 0 radical (unpaired) electrons. The van der Waals surface area contributed by atoms with E-state index in [1.165, 1.54) is 18.1 Å². The second kappa shape index (κ2) is 7.44. The summed E-state index contributed by atoms with van der Waals surface area (Å²) in [5, 5.41) is 2.99. The molecule has 0 aliphatic rings. The Bertz CT molecular complexity index is 427. The molecule has 0 aromatic carbocycles. The summed E-state index contributed by atoms with van der Waals surface area (Å²) in [4.78, 5) is 9.55. The molecule has 0 saturated carbocycles. The van der Waals surface area contributed by atoms with Crippen LogP contribution >= 0.6 is 0 Å². The average Bonchev–Trinajstić information content (AvgIpc) is 2.35. The molecule has 0 fully saturated rings. The van der Waals surface area contributed by atoms with E-state index in [2.05, 4.69) is 15.3 Å². The molecule has 0 amide bonds. The summed E-state index contributed by atoms with van der Waals surface area (Å²) >= 11 is 0. The Morgan fingerprint density at radius 2 is 2.00 bits per heavy atom. The van der Waals surface area contributed by atoms with E-state index in [0.717, 1.165) is 0 Å². The van der Waals surface area contributed by atoms with Gasteiger partial charge in [0, 0.05) is 25.8 Å². The van der Waals surface area contributed by atoms with Crippen molar-refractivity contribution in [3.05, 3.63) is 11.9 Å². The zero-order valence-electron chi connectivity index (χ0n) is 12.7. The average molecular weight is 306 g/mol. The smallest absolute Gasteiger partial charge is 0.377 e. The first-order chi connectivity index (χ1) is 9.76. The quantitative estimate of drug-likeness (QED) is 0.839. The minimum absolute atomic E-state index is 0.143. The Kier molecular flexibility index (Phi) is 6.19. The van der Waals surface area contributed by atoms with E-state index >= 15 is 0 Å². The van der Waals surface area contributed by atoms with Crippen molar-refractivity contribution in [1.82, 2.24) is 9.97 Å². The fourth-order valence-corrected chi connectivity index (χ4v) is 1.82. The summed E-state index contributed by atoms with van der Waals surface area (Å²) < 4.78 is 43.1. The highest BCUT2D eigenvalue weighted by Gasteiger charge is 2.32. The number of rotatable bonds is 7. The number of hydrogen-bond acceptors (Lipinski definition) is 5. The second-order valence-corrected chi connectivity index (χ2v) is 4.83. The Morgan fingerprint density at radius 1 is 1.33 bits per heavy atom. The topological polar surface area (TPSA) is 50.3 Å². The zero-order valence-corrected chi connectivity index (χ0v) is 12.7. The van der Waals surface area contributed by atoms with Crippen molar-refractivity contribution >= 4 is 11.6 Å². The number of nitrogens with one attached hydrogen (secondary N) is 1. The Balaban J connectivity index is 3.16. The van der Waals surface area contributed by atoms with Crippen LogP contribution in [0.5, 0.6) is 0 Å². The first-order valence-electron chi connectivity index (χ1n) is 6.71. The first-order valence-corrected chi connectivity index (χ1v) is 6.71. The van der Waals surface area contributed by atoms with Crippen LogP contribution in [0.1, 0.15) is 26.6 Å². The molecule has 1 heterocycles. The van der Waals surface area contributed by atoms with Crippen molar-refractivity contribution in [3.8, 4) is 0 Å². The summed E-state index contributed by atoms with van der Waals surface area (Å²) in [5.74, 6) is 1.07. The lowest BCUT2D eigenvalue weighted by Crippen LogP contribution is -2.40. The zero-order chi connectivity index (χ0) is 16.0. The third kappa shape index (κ3) is 5.74. The van der Waals surface area contributed by atoms with Gasteiger partial charge >= 0.3 is 6.18 Å². The van der Waals surface area contributed by atoms with Crippen LogP contribution in [0.15, 0.2) is 6.07 Å².